The van der Waals surface area contributed by atoms with Gasteiger partial charge in [0.1, 0.15) is 5.84 Å². The molecule has 3 heteroatoms. The maximum atomic E-state index is 6.84. The molecule has 0 bridgehead atoms. The Balaban J connectivity index is 1.27. The monoisotopic (exact) mass is 551 g/mol. The van der Waals surface area contributed by atoms with Crippen LogP contribution >= 0.6 is 0 Å². The van der Waals surface area contributed by atoms with Gasteiger partial charge >= 0.3 is 0 Å². The smallest absolute Gasteiger partial charge is 0.131 e. The summed E-state index contributed by atoms with van der Waals surface area (Å²) in [6.45, 7) is 0. The number of aromatic nitrogens is 1. The Morgan fingerprint density at radius 2 is 1.21 bits per heavy atom. The summed E-state index contributed by atoms with van der Waals surface area (Å²) in [7, 11) is 0. The van der Waals surface area contributed by atoms with Crippen LogP contribution in [0.1, 0.15) is 16.7 Å². The van der Waals surface area contributed by atoms with Crippen LogP contribution in [0.3, 0.4) is 0 Å². The van der Waals surface area contributed by atoms with E-state index in [9.17, 15) is 0 Å². The summed E-state index contributed by atoms with van der Waals surface area (Å²) >= 11 is 0. The predicted octanol–water partition coefficient (Wildman–Crippen LogP) is 9.49. The molecule has 0 fully saturated rings. The van der Waals surface area contributed by atoms with Crippen molar-refractivity contribution in [1.82, 2.24) is 4.40 Å². The van der Waals surface area contributed by atoms with Gasteiger partial charge in [-0.25, -0.2) is 4.99 Å². The molecule has 0 aliphatic rings. The number of fused-ring (bicyclic) bond motifs is 6. The van der Waals surface area contributed by atoms with Crippen LogP contribution in [0, 0.1) is 0 Å². The second kappa shape index (κ2) is 10.3. The van der Waals surface area contributed by atoms with Crippen LogP contribution < -0.4 is 5.73 Å². The quantitative estimate of drug-likeness (QED) is 0.162. The molecule has 8 aromatic rings. The van der Waals surface area contributed by atoms with Crippen molar-refractivity contribution in [1.29, 1.82) is 0 Å². The number of hydrogen-bond acceptors (Lipinski definition) is 1. The van der Waals surface area contributed by atoms with E-state index in [1.54, 1.807) is 0 Å². The Kier molecular flexibility index (Phi) is 6.01. The second-order valence-corrected chi connectivity index (χ2v) is 11.0. The van der Waals surface area contributed by atoms with Crippen LogP contribution in [0.25, 0.3) is 54.9 Å². The van der Waals surface area contributed by atoms with Gasteiger partial charge in [0.25, 0.3) is 0 Å². The Morgan fingerprint density at radius 1 is 0.558 bits per heavy atom. The molecule has 0 atom stereocenters. The Morgan fingerprint density at radius 3 is 2.02 bits per heavy atom. The van der Waals surface area contributed by atoms with Crippen LogP contribution in [-0.4, -0.2) is 10.2 Å². The first-order valence-corrected chi connectivity index (χ1v) is 14.7. The van der Waals surface area contributed by atoms with Crippen molar-refractivity contribution in [3.05, 3.63) is 168 Å². The lowest BCUT2D eigenvalue weighted by atomic mass is 10.0. The molecule has 0 unspecified atom stereocenters. The zero-order valence-corrected chi connectivity index (χ0v) is 23.6. The van der Waals surface area contributed by atoms with Gasteiger partial charge in [0.15, 0.2) is 0 Å². The van der Waals surface area contributed by atoms with E-state index >= 15 is 0 Å². The van der Waals surface area contributed by atoms with E-state index in [0.717, 1.165) is 34.3 Å². The zero-order chi connectivity index (χ0) is 28.8. The first kappa shape index (κ1) is 25.1. The minimum atomic E-state index is 0.496. The molecule has 0 saturated carbocycles. The van der Waals surface area contributed by atoms with E-state index in [4.69, 9.17) is 10.7 Å². The summed E-state index contributed by atoms with van der Waals surface area (Å²) in [4.78, 5) is 5.09. The summed E-state index contributed by atoms with van der Waals surface area (Å²) in [5.74, 6) is 0.496. The van der Waals surface area contributed by atoms with Crippen molar-refractivity contribution in [2.75, 3.05) is 0 Å². The number of benzene rings is 6. The summed E-state index contributed by atoms with van der Waals surface area (Å²) in [6, 6.07) is 51.1. The van der Waals surface area contributed by atoms with Crippen molar-refractivity contribution >= 4 is 49.6 Å². The molecule has 8 rings (SSSR count). The van der Waals surface area contributed by atoms with Crippen LogP contribution in [0.15, 0.2) is 157 Å². The highest BCUT2D eigenvalue weighted by molar-refractivity contribution is 6.23. The standard InChI is InChI=1S/C40H29N3/c41-40(31-22-23-33-35-19-10-18-34-32-17-7-8-20-37(32)43(39(34)35)38(33)26-31)42-36(24-21-27-11-3-1-4-12-27)30-16-9-15-29(25-30)28-13-5-2-6-14-28/h1-20,22-26H,21H2,(H2,41,42)/b36-24-. The van der Waals surface area contributed by atoms with Gasteiger partial charge in [0.2, 0.25) is 0 Å². The van der Waals surface area contributed by atoms with E-state index in [2.05, 4.69) is 144 Å². The maximum Gasteiger partial charge on any atom is 0.131 e. The molecule has 0 spiro atoms. The van der Waals surface area contributed by atoms with Crippen molar-refractivity contribution in [2.24, 2.45) is 10.7 Å². The average Bonchev–Trinajstić information content (AvgIpc) is 3.59. The number of nitrogens with zero attached hydrogens (tertiary/aromatic N) is 2. The summed E-state index contributed by atoms with van der Waals surface area (Å²) in [5.41, 5.74) is 16.8. The van der Waals surface area contributed by atoms with Gasteiger partial charge < -0.3 is 10.1 Å². The van der Waals surface area contributed by atoms with Crippen molar-refractivity contribution in [3.63, 3.8) is 0 Å². The lowest BCUT2D eigenvalue weighted by molar-refractivity contribution is 1.26. The fourth-order valence-electron chi connectivity index (χ4n) is 6.33. The van der Waals surface area contributed by atoms with Gasteiger partial charge in [0.05, 0.1) is 22.2 Å². The second-order valence-electron chi connectivity index (χ2n) is 11.0. The van der Waals surface area contributed by atoms with Crippen molar-refractivity contribution < 1.29 is 0 Å². The van der Waals surface area contributed by atoms with Crippen molar-refractivity contribution in [3.8, 4) is 11.1 Å². The van der Waals surface area contributed by atoms with Gasteiger partial charge in [-0.05, 0) is 41.3 Å². The molecule has 0 amide bonds. The molecule has 2 aromatic heterocycles. The third-order valence-corrected chi connectivity index (χ3v) is 8.40. The first-order chi connectivity index (χ1) is 21.2. The van der Waals surface area contributed by atoms with Gasteiger partial charge in [-0.15, -0.1) is 0 Å². The van der Waals surface area contributed by atoms with E-state index in [1.165, 1.54) is 43.7 Å². The predicted molar refractivity (Wildman–Crippen MR) is 182 cm³/mol. The molecule has 6 aromatic carbocycles. The topological polar surface area (TPSA) is 42.8 Å². The summed E-state index contributed by atoms with van der Waals surface area (Å²) < 4.78 is 2.38. The van der Waals surface area contributed by atoms with Crippen LogP contribution in [0.2, 0.25) is 0 Å². The Hall–Kier alpha value is -5.67. The SMILES string of the molecule is NC(=N/C(=C\Cc1ccccc1)c1cccc(-c2ccccc2)c1)c1ccc2c3cccc4c5ccccc5n(c2c1)c43. The highest BCUT2D eigenvalue weighted by Gasteiger charge is 2.17. The number of allylic oxidation sites excluding steroid dienone is 1. The van der Waals surface area contributed by atoms with Crippen LogP contribution in [0.4, 0.5) is 0 Å². The van der Waals surface area contributed by atoms with Gasteiger partial charge in [-0.1, -0.05) is 133 Å². The normalized spacial score (nSPS) is 12.7. The summed E-state index contributed by atoms with van der Waals surface area (Å²) in [5, 5.41) is 5.02. The number of aliphatic imine (C=N–C) groups is 1. The molecule has 0 radical (unpaired) electrons. The molecule has 0 saturated heterocycles. The largest absolute Gasteiger partial charge is 0.383 e. The number of amidine groups is 1. The number of nitrogens with two attached hydrogens (primary N) is 1. The van der Waals surface area contributed by atoms with Crippen molar-refractivity contribution in [2.45, 2.75) is 6.42 Å². The molecule has 3 nitrogen and oxygen atoms in total. The van der Waals surface area contributed by atoms with Crippen LogP contribution in [-0.2, 0) is 6.42 Å². The van der Waals surface area contributed by atoms with Gasteiger partial charge in [-0.2, -0.15) is 0 Å². The van der Waals surface area contributed by atoms with Gasteiger partial charge in [-0.3, -0.25) is 0 Å². The number of rotatable bonds is 6. The molecule has 0 aliphatic carbocycles. The molecular weight excluding hydrogens is 522 g/mol. The molecule has 2 N–H and O–H groups in total. The van der Waals surface area contributed by atoms with E-state index in [0.29, 0.717) is 5.84 Å². The number of hydrogen-bond donors (Lipinski definition) is 1. The molecule has 43 heavy (non-hydrogen) atoms. The zero-order valence-electron chi connectivity index (χ0n) is 23.6. The maximum absolute atomic E-state index is 6.84. The molecule has 0 aliphatic heterocycles. The minimum Gasteiger partial charge on any atom is -0.383 e. The van der Waals surface area contributed by atoms with E-state index < -0.39 is 0 Å². The molecule has 204 valence electrons. The van der Waals surface area contributed by atoms with Gasteiger partial charge in [0, 0.05) is 32.7 Å². The third-order valence-electron chi connectivity index (χ3n) is 8.40. The lowest BCUT2D eigenvalue weighted by Gasteiger charge is -2.09. The highest BCUT2D eigenvalue weighted by Crippen LogP contribution is 2.39. The van der Waals surface area contributed by atoms with E-state index in [1.807, 2.05) is 12.1 Å². The highest BCUT2D eigenvalue weighted by atomic mass is 14.9. The molecular formula is C40H29N3. The van der Waals surface area contributed by atoms with Crippen LogP contribution in [0.5, 0.6) is 0 Å². The Bertz CT molecular complexity index is 2310. The van der Waals surface area contributed by atoms with E-state index in [-0.39, 0.29) is 0 Å². The fourth-order valence-corrected chi connectivity index (χ4v) is 6.33. The molecule has 2 heterocycles. The first-order valence-electron chi connectivity index (χ1n) is 14.7. The summed E-state index contributed by atoms with van der Waals surface area (Å²) in [6.07, 6.45) is 2.94. The third kappa shape index (κ3) is 4.34. The fraction of sp³-hybridized carbons (Fsp3) is 0.0250. The lowest BCUT2D eigenvalue weighted by Crippen LogP contribution is -2.13. The number of para-hydroxylation sites is 2. The average molecular weight is 552 g/mol. The minimum absolute atomic E-state index is 0.496. The Labute approximate surface area is 250 Å².